The van der Waals surface area contributed by atoms with Gasteiger partial charge in [-0.15, -0.1) is 0 Å². The average Bonchev–Trinajstić information content (AvgIpc) is 2.50. The van der Waals surface area contributed by atoms with E-state index in [1.165, 1.54) is 17.8 Å². The van der Waals surface area contributed by atoms with Crippen LogP contribution in [-0.2, 0) is 0 Å². The van der Waals surface area contributed by atoms with Gasteiger partial charge in [0.05, 0.1) is 6.10 Å². The minimum atomic E-state index is -0.263. The molecule has 0 aliphatic heterocycles. The number of aliphatic hydroxyl groups excluding tert-OH is 1. The number of aromatic amines is 1. The van der Waals surface area contributed by atoms with Crippen LogP contribution in [0, 0.1) is 6.92 Å². The number of hydrogen-bond donors (Lipinski definition) is 2. The summed E-state index contributed by atoms with van der Waals surface area (Å²) in [7, 11) is 0. The molecule has 0 saturated heterocycles. The van der Waals surface area contributed by atoms with Gasteiger partial charge < -0.3 is 10.1 Å². The molecule has 4 nitrogen and oxygen atoms in total. The lowest BCUT2D eigenvalue weighted by atomic mass is 10.3. The van der Waals surface area contributed by atoms with E-state index in [4.69, 9.17) is 0 Å². The van der Waals surface area contributed by atoms with Crippen molar-refractivity contribution in [2.75, 3.05) is 0 Å². The molecule has 2 rings (SSSR count). The molecule has 0 radical (unpaired) electrons. The lowest BCUT2D eigenvalue weighted by Crippen LogP contribution is -2.17. The lowest BCUT2D eigenvalue weighted by Gasteiger charge is -2.12. The van der Waals surface area contributed by atoms with Crippen LogP contribution in [-0.4, -0.2) is 26.4 Å². The molecule has 0 amide bonds. The Labute approximate surface area is 92.1 Å². The van der Waals surface area contributed by atoms with Crippen LogP contribution < -0.4 is 5.56 Å². The molecule has 0 spiro atoms. The SMILES string of the molecule is Cc1cc(=O)[nH]c(S[C@H]2CCC[C@@H]2O)n1. The Hall–Kier alpha value is -0.810. The van der Waals surface area contributed by atoms with Gasteiger partial charge >= 0.3 is 0 Å². The third-order valence-electron chi connectivity index (χ3n) is 2.53. The van der Waals surface area contributed by atoms with Crippen LogP contribution in [0.1, 0.15) is 25.0 Å². The summed E-state index contributed by atoms with van der Waals surface area (Å²) in [5.41, 5.74) is 0.589. The predicted molar refractivity (Wildman–Crippen MR) is 59.1 cm³/mol. The largest absolute Gasteiger partial charge is 0.392 e. The molecule has 1 aliphatic carbocycles. The molecule has 82 valence electrons. The Morgan fingerprint density at radius 3 is 3.00 bits per heavy atom. The second kappa shape index (κ2) is 4.37. The smallest absolute Gasteiger partial charge is 0.251 e. The second-order valence-electron chi connectivity index (χ2n) is 3.85. The van der Waals surface area contributed by atoms with E-state index in [0.717, 1.165) is 19.3 Å². The fraction of sp³-hybridized carbons (Fsp3) is 0.600. The van der Waals surface area contributed by atoms with Gasteiger partial charge in [0.2, 0.25) is 0 Å². The summed E-state index contributed by atoms with van der Waals surface area (Å²) in [5.74, 6) is 0. The van der Waals surface area contributed by atoms with Gasteiger partial charge in [0.25, 0.3) is 5.56 Å². The summed E-state index contributed by atoms with van der Waals surface area (Å²) >= 11 is 1.47. The third-order valence-corrected chi connectivity index (χ3v) is 3.80. The number of rotatable bonds is 2. The summed E-state index contributed by atoms with van der Waals surface area (Å²) < 4.78 is 0. The number of aliphatic hydroxyl groups is 1. The van der Waals surface area contributed by atoms with Crippen molar-refractivity contribution in [1.29, 1.82) is 0 Å². The van der Waals surface area contributed by atoms with Gasteiger partial charge in [-0.05, 0) is 26.2 Å². The Morgan fingerprint density at radius 2 is 2.40 bits per heavy atom. The molecule has 1 heterocycles. The highest BCUT2D eigenvalue weighted by Crippen LogP contribution is 2.32. The Balaban J connectivity index is 2.13. The first-order valence-corrected chi connectivity index (χ1v) is 5.96. The van der Waals surface area contributed by atoms with Gasteiger partial charge in [-0.25, -0.2) is 4.98 Å². The lowest BCUT2D eigenvalue weighted by molar-refractivity contribution is 0.188. The van der Waals surface area contributed by atoms with Crippen LogP contribution in [0.5, 0.6) is 0 Å². The molecule has 0 aromatic carbocycles. The summed E-state index contributed by atoms with van der Waals surface area (Å²) in [6, 6.07) is 1.47. The van der Waals surface area contributed by atoms with Crippen LogP contribution in [0.3, 0.4) is 0 Å². The number of nitrogens with one attached hydrogen (secondary N) is 1. The number of aromatic nitrogens is 2. The van der Waals surface area contributed by atoms with Gasteiger partial charge in [-0.1, -0.05) is 11.8 Å². The maximum Gasteiger partial charge on any atom is 0.251 e. The van der Waals surface area contributed by atoms with E-state index in [9.17, 15) is 9.90 Å². The van der Waals surface area contributed by atoms with Crippen LogP contribution in [0.4, 0.5) is 0 Å². The molecule has 2 atom stereocenters. The molecule has 1 aromatic heterocycles. The number of hydrogen-bond acceptors (Lipinski definition) is 4. The zero-order valence-corrected chi connectivity index (χ0v) is 9.38. The van der Waals surface area contributed by atoms with E-state index < -0.39 is 0 Å². The minimum Gasteiger partial charge on any atom is -0.392 e. The Bertz CT molecular complexity index is 405. The van der Waals surface area contributed by atoms with Crippen molar-refractivity contribution >= 4 is 11.8 Å². The van der Waals surface area contributed by atoms with Gasteiger partial charge in [-0.2, -0.15) is 0 Å². The highest BCUT2D eigenvalue weighted by molar-refractivity contribution is 7.99. The van der Waals surface area contributed by atoms with Gasteiger partial charge in [0, 0.05) is 17.0 Å². The molecule has 1 aromatic rings. The zero-order valence-electron chi connectivity index (χ0n) is 8.56. The Morgan fingerprint density at radius 1 is 1.60 bits per heavy atom. The molecule has 1 saturated carbocycles. The second-order valence-corrected chi connectivity index (χ2v) is 5.07. The topological polar surface area (TPSA) is 66.0 Å². The summed E-state index contributed by atoms with van der Waals surface area (Å²) in [5, 5.41) is 10.4. The normalized spacial score (nSPS) is 25.7. The van der Waals surface area contributed by atoms with Crippen molar-refractivity contribution in [1.82, 2.24) is 9.97 Å². The molecule has 0 unspecified atom stereocenters. The van der Waals surface area contributed by atoms with Crippen molar-refractivity contribution in [3.63, 3.8) is 0 Å². The molecule has 0 bridgehead atoms. The number of H-pyrrole nitrogens is 1. The predicted octanol–water partition coefficient (Wildman–Crippen LogP) is 1.08. The maximum absolute atomic E-state index is 11.2. The Kier molecular flexibility index (Phi) is 3.11. The van der Waals surface area contributed by atoms with E-state index in [2.05, 4.69) is 9.97 Å². The first-order valence-electron chi connectivity index (χ1n) is 5.08. The van der Waals surface area contributed by atoms with E-state index in [1.807, 2.05) is 0 Å². The van der Waals surface area contributed by atoms with Crippen LogP contribution in [0.25, 0.3) is 0 Å². The highest BCUT2D eigenvalue weighted by Gasteiger charge is 2.26. The molecule has 1 fully saturated rings. The summed E-state index contributed by atoms with van der Waals surface area (Å²) in [6.45, 7) is 1.80. The van der Waals surface area contributed by atoms with Crippen molar-refractivity contribution in [2.24, 2.45) is 0 Å². The standard InChI is InChI=1S/C10H14N2O2S/c1-6-5-9(14)12-10(11-6)15-8-4-2-3-7(8)13/h5,7-8,13H,2-4H2,1H3,(H,11,12,14)/t7-,8-/m0/s1. The van der Waals surface area contributed by atoms with Crippen LogP contribution >= 0.6 is 11.8 Å². The minimum absolute atomic E-state index is 0.127. The van der Waals surface area contributed by atoms with Gasteiger partial charge in [-0.3, -0.25) is 4.79 Å². The van der Waals surface area contributed by atoms with Crippen LogP contribution in [0.15, 0.2) is 16.0 Å². The third kappa shape index (κ3) is 2.60. The molecule has 15 heavy (non-hydrogen) atoms. The molecule has 1 aliphatic rings. The van der Waals surface area contributed by atoms with Gasteiger partial charge in [0.15, 0.2) is 5.16 Å². The van der Waals surface area contributed by atoms with Crippen molar-refractivity contribution in [3.05, 3.63) is 22.1 Å². The number of thioether (sulfide) groups is 1. The first kappa shape index (κ1) is 10.7. The monoisotopic (exact) mass is 226 g/mol. The maximum atomic E-state index is 11.2. The van der Waals surface area contributed by atoms with Crippen LogP contribution in [0.2, 0.25) is 0 Å². The first-order chi connectivity index (χ1) is 7.15. The van der Waals surface area contributed by atoms with Crippen molar-refractivity contribution in [2.45, 2.75) is 42.7 Å². The molecular weight excluding hydrogens is 212 g/mol. The quantitative estimate of drug-likeness (QED) is 0.741. The summed E-state index contributed by atoms with van der Waals surface area (Å²) in [6.07, 6.45) is 2.63. The van der Waals surface area contributed by atoms with Crippen molar-refractivity contribution in [3.8, 4) is 0 Å². The van der Waals surface area contributed by atoms with Gasteiger partial charge in [0.1, 0.15) is 0 Å². The molecular formula is C10H14N2O2S. The fourth-order valence-electron chi connectivity index (χ4n) is 1.79. The molecule has 2 N–H and O–H groups in total. The fourth-order valence-corrected chi connectivity index (χ4v) is 3.02. The highest BCUT2D eigenvalue weighted by atomic mass is 32.2. The average molecular weight is 226 g/mol. The summed E-state index contributed by atoms with van der Waals surface area (Å²) in [4.78, 5) is 18.1. The van der Waals surface area contributed by atoms with E-state index in [0.29, 0.717) is 10.9 Å². The van der Waals surface area contributed by atoms with E-state index in [-0.39, 0.29) is 16.9 Å². The molecule has 5 heteroatoms. The van der Waals surface area contributed by atoms with E-state index >= 15 is 0 Å². The number of aryl methyl sites for hydroxylation is 1. The number of nitrogens with zero attached hydrogens (tertiary/aromatic N) is 1. The van der Waals surface area contributed by atoms with E-state index in [1.54, 1.807) is 6.92 Å². The zero-order chi connectivity index (χ0) is 10.8. The van der Waals surface area contributed by atoms with Crippen molar-refractivity contribution < 1.29 is 5.11 Å².